The topological polar surface area (TPSA) is 9.23 Å². The van der Waals surface area contributed by atoms with Gasteiger partial charge in [0.25, 0.3) is 0 Å². The lowest BCUT2D eigenvalue weighted by atomic mass is 10.1. The summed E-state index contributed by atoms with van der Waals surface area (Å²) in [4.78, 5) is 0. The van der Waals surface area contributed by atoms with E-state index in [0.29, 0.717) is 24.5 Å². The Bertz CT molecular complexity index is 355. The van der Waals surface area contributed by atoms with Crippen molar-refractivity contribution in [3.63, 3.8) is 0 Å². The molecule has 88 valence electrons. The normalized spacial score (nSPS) is 13.2. The van der Waals surface area contributed by atoms with Crippen molar-refractivity contribution in [2.75, 3.05) is 6.61 Å². The Hall–Kier alpha value is -0.0700. The molecular weight excluding hydrogens is 262 g/mol. The van der Waals surface area contributed by atoms with Crippen molar-refractivity contribution in [3.05, 3.63) is 46.5 Å². The fourth-order valence-corrected chi connectivity index (χ4v) is 2.58. The van der Waals surface area contributed by atoms with Crippen LogP contribution in [0.5, 0.6) is 0 Å². The van der Waals surface area contributed by atoms with Crippen LogP contribution in [0.3, 0.4) is 0 Å². The molecule has 1 rings (SSSR count). The Morgan fingerprint density at radius 3 is 2.75 bits per heavy atom. The Morgan fingerprint density at radius 2 is 2.19 bits per heavy atom. The molecule has 0 radical (unpaired) electrons. The van der Waals surface area contributed by atoms with Crippen LogP contribution in [0, 0.1) is 0 Å². The van der Waals surface area contributed by atoms with Crippen LogP contribution in [0.4, 0.5) is 0 Å². The molecule has 1 aromatic carbocycles. The third-order valence-corrected chi connectivity index (χ3v) is 4.17. The number of benzene rings is 1. The van der Waals surface area contributed by atoms with Crippen LogP contribution >= 0.6 is 32.0 Å². The maximum atomic E-state index is 6.00. The summed E-state index contributed by atoms with van der Waals surface area (Å²) in [6.45, 7) is 6.49. The highest BCUT2D eigenvalue weighted by Gasteiger charge is 2.11. The Kier molecular flexibility index (Phi) is 6.38. The van der Waals surface area contributed by atoms with Gasteiger partial charge in [-0.05, 0) is 31.0 Å². The molecule has 0 bridgehead atoms. The maximum absolute atomic E-state index is 6.00. The largest absolute Gasteiger partial charge is 0.362 e. The van der Waals surface area contributed by atoms with E-state index in [1.807, 2.05) is 31.2 Å². The van der Waals surface area contributed by atoms with Crippen molar-refractivity contribution in [1.29, 1.82) is 0 Å². The molecule has 0 amide bonds. The highest BCUT2D eigenvalue weighted by atomic mass is 35.5. The lowest BCUT2D eigenvalue weighted by molar-refractivity contribution is 0.384. The van der Waals surface area contributed by atoms with Crippen LogP contribution in [0.2, 0.25) is 10.0 Å². The standard InChI is InChI=1S/C12H15Cl2OP/c1-3-5-12(16-15-4-2)9-6-7-10(13)11(14)8-9/h3,6-8,12,16H,1,4-5H2,2H3. The van der Waals surface area contributed by atoms with Gasteiger partial charge in [0.1, 0.15) is 0 Å². The third kappa shape index (κ3) is 4.07. The number of hydrogen-bond donors (Lipinski definition) is 0. The van der Waals surface area contributed by atoms with Crippen molar-refractivity contribution >= 4 is 32.0 Å². The second kappa shape index (κ2) is 7.29. The zero-order valence-corrected chi connectivity index (χ0v) is 11.7. The first kappa shape index (κ1) is 14.0. The van der Waals surface area contributed by atoms with Gasteiger partial charge in [-0.2, -0.15) is 0 Å². The fraction of sp³-hybridized carbons (Fsp3) is 0.333. The van der Waals surface area contributed by atoms with E-state index in [1.54, 1.807) is 0 Å². The summed E-state index contributed by atoms with van der Waals surface area (Å²) >= 11 is 11.9. The maximum Gasteiger partial charge on any atom is 0.0595 e. The van der Waals surface area contributed by atoms with Crippen molar-refractivity contribution in [2.24, 2.45) is 0 Å². The van der Waals surface area contributed by atoms with Gasteiger partial charge in [0.2, 0.25) is 0 Å². The van der Waals surface area contributed by atoms with Crippen LogP contribution in [-0.2, 0) is 4.52 Å². The molecule has 0 saturated heterocycles. The predicted octanol–water partition coefficient (Wildman–Crippen LogP) is 5.24. The summed E-state index contributed by atoms with van der Waals surface area (Å²) in [5, 5.41) is 1.18. The molecule has 2 atom stereocenters. The second-order valence-corrected chi connectivity index (χ2v) is 5.34. The van der Waals surface area contributed by atoms with Crippen molar-refractivity contribution < 1.29 is 4.52 Å². The van der Waals surface area contributed by atoms with Gasteiger partial charge in [-0.15, -0.1) is 6.58 Å². The molecule has 0 aliphatic heterocycles. The summed E-state index contributed by atoms with van der Waals surface area (Å²) in [5.74, 6) is 0. The van der Waals surface area contributed by atoms with Crippen LogP contribution in [0.25, 0.3) is 0 Å². The monoisotopic (exact) mass is 276 g/mol. The van der Waals surface area contributed by atoms with Crippen molar-refractivity contribution in [3.8, 4) is 0 Å². The van der Waals surface area contributed by atoms with Crippen LogP contribution < -0.4 is 0 Å². The van der Waals surface area contributed by atoms with Gasteiger partial charge >= 0.3 is 0 Å². The average molecular weight is 277 g/mol. The minimum atomic E-state index is 0.326. The second-order valence-electron chi connectivity index (χ2n) is 3.30. The van der Waals surface area contributed by atoms with Crippen LogP contribution in [0.15, 0.2) is 30.9 Å². The quantitative estimate of drug-likeness (QED) is 0.510. The molecule has 0 aromatic heterocycles. The zero-order valence-electron chi connectivity index (χ0n) is 9.17. The minimum Gasteiger partial charge on any atom is -0.362 e. The Balaban J connectivity index is 2.82. The lowest BCUT2D eigenvalue weighted by Gasteiger charge is -2.15. The van der Waals surface area contributed by atoms with E-state index in [9.17, 15) is 0 Å². The summed E-state index contributed by atoms with van der Waals surface area (Å²) < 4.78 is 5.48. The third-order valence-electron chi connectivity index (χ3n) is 2.12. The number of halogens is 2. The van der Waals surface area contributed by atoms with Crippen LogP contribution in [-0.4, -0.2) is 6.61 Å². The molecule has 16 heavy (non-hydrogen) atoms. The van der Waals surface area contributed by atoms with Crippen molar-refractivity contribution in [1.82, 2.24) is 0 Å². The van der Waals surface area contributed by atoms with Gasteiger partial charge in [0, 0.05) is 21.1 Å². The van der Waals surface area contributed by atoms with E-state index >= 15 is 0 Å². The van der Waals surface area contributed by atoms with Crippen molar-refractivity contribution in [2.45, 2.75) is 19.0 Å². The first-order valence-corrected chi connectivity index (χ1v) is 6.86. The molecule has 1 aromatic rings. The van der Waals surface area contributed by atoms with E-state index < -0.39 is 0 Å². The van der Waals surface area contributed by atoms with E-state index in [-0.39, 0.29) is 0 Å². The number of hydrogen-bond acceptors (Lipinski definition) is 1. The van der Waals surface area contributed by atoms with E-state index in [4.69, 9.17) is 27.7 Å². The summed E-state index contributed by atoms with van der Waals surface area (Å²) in [5.41, 5.74) is 1.48. The number of allylic oxidation sites excluding steroid dienone is 1. The molecule has 4 heteroatoms. The Morgan fingerprint density at radius 1 is 1.44 bits per heavy atom. The molecule has 1 nitrogen and oxygen atoms in total. The molecule has 0 spiro atoms. The smallest absolute Gasteiger partial charge is 0.0595 e. The molecule has 2 unspecified atom stereocenters. The van der Waals surface area contributed by atoms with Gasteiger partial charge in [-0.1, -0.05) is 35.3 Å². The van der Waals surface area contributed by atoms with E-state index in [0.717, 1.165) is 18.6 Å². The predicted molar refractivity (Wildman–Crippen MR) is 74.0 cm³/mol. The van der Waals surface area contributed by atoms with E-state index in [2.05, 4.69) is 6.58 Å². The Labute approximate surface area is 109 Å². The SMILES string of the molecule is C=CCC(POCC)c1ccc(Cl)c(Cl)c1. The molecule has 0 aliphatic rings. The van der Waals surface area contributed by atoms with Gasteiger partial charge in [0.05, 0.1) is 10.0 Å². The highest BCUT2D eigenvalue weighted by Crippen LogP contribution is 2.40. The summed E-state index contributed by atoms with van der Waals surface area (Å²) in [6, 6.07) is 5.73. The van der Waals surface area contributed by atoms with E-state index in [1.165, 1.54) is 0 Å². The molecule has 0 saturated carbocycles. The van der Waals surface area contributed by atoms with Gasteiger partial charge < -0.3 is 4.52 Å². The van der Waals surface area contributed by atoms with Crippen LogP contribution in [0.1, 0.15) is 24.6 Å². The summed E-state index contributed by atoms with van der Waals surface area (Å²) in [7, 11) is 0.428. The molecule has 0 N–H and O–H groups in total. The first-order chi connectivity index (χ1) is 7.69. The summed E-state index contributed by atoms with van der Waals surface area (Å²) in [6.07, 6.45) is 2.79. The molecular formula is C12H15Cl2OP. The zero-order chi connectivity index (χ0) is 12.0. The average Bonchev–Trinajstić information content (AvgIpc) is 2.28. The van der Waals surface area contributed by atoms with Gasteiger partial charge in [-0.3, -0.25) is 0 Å². The molecule has 0 heterocycles. The first-order valence-electron chi connectivity index (χ1n) is 5.12. The fourth-order valence-electron chi connectivity index (χ4n) is 1.33. The van der Waals surface area contributed by atoms with Gasteiger partial charge in [-0.25, -0.2) is 0 Å². The molecule has 0 fully saturated rings. The lowest BCUT2D eigenvalue weighted by Crippen LogP contribution is -1.92. The van der Waals surface area contributed by atoms with Gasteiger partial charge in [0.15, 0.2) is 0 Å². The number of rotatable bonds is 6. The highest BCUT2D eigenvalue weighted by molar-refractivity contribution is 7.32. The molecule has 0 aliphatic carbocycles. The minimum absolute atomic E-state index is 0.326.